The Morgan fingerprint density at radius 2 is 1.96 bits per heavy atom. The van der Waals surface area contributed by atoms with Crippen molar-refractivity contribution in [3.05, 3.63) is 29.8 Å². The monoisotopic (exact) mass is 319 g/mol. The summed E-state index contributed by atoms with van der Waals surface area (Å²) in [7, 11) is 0. The Hall–Kier alpha value is -3.08. The number of carbonyl (C=O) groups excluding carboxylic acids is 3. The van der Waals surface area contributed by atoms with E-state index >= 15 is 0 Å². The number of esters is 1. The molecule has 0 saturated heterocycles. The molecule has 23 heavy (non-hydrogen) atoms. The summed E-state index contributed by atoms with van der Waals surface area (Å²) < 4.78 is 9.81. The second kappa shape index (κ2) is 9.78. The maximum Gasteiger partial charge on any atom is 0.344 e. The summed E-state index contributed by atoms with van der Waals surface area (Å²) in [5.74, 6) is -1.29. The van der Waals surface area contributed by atoms with E-state index in [2.05, 4.69) is 10.1 Å². The van der Waals surface area contributed by atoms with Gasteiger partial charge >= 0.3 is 12.0 Å². The van der Waals surface area contributed by atoms with Gasteiger partial charge in [0.1, 0.15) is 11.8 Å². The molecule has 0 aliphatic rings. The Kier molecular flexibility index (Phi) is 7.64. The molecule has 0 heterocycles. The number of imide groups is 1. The van der Waals surface area contributed by atoms with Gasteiger partial charge < -0.3 is 14.8 Å². The third kappa shape index (κ3) is 6.95. The summed E-state index contributed by atoms with van der Waals surface area (Å²) >= 11 is 0. The van der Waals surface area contributed by atoms with E-state index in [1.807, 2.05) is 18.3 Å². The van der Waals surface area contributed by atoms with Gasteiger partial charge in [0, 0.05) is 6.54 Å². The lowest BCUT2D eigenvalue weighted by molar-refractivity contribution is -0.150. The number of carbonyl (C=O) groups is 3. The van der Waals surface area contributed by atoms with Crippen molar-refractivity contribution in [2.45, 2.75) is 13.3 Å². The van der Waals surface area contributed by atoms with Gasteiger partial charge in [-0.3, -0.25) is 10.1 Å². The Balaban J connectivity index is 2.30. The highest BCUT2D eigenvalue weighted by atomic mass is 16.6. The van der Waals surface area contributed by atoms with E-state index in [0.29, 0.717) is 6.54 Å². The largest absolute Gasteiger partial charge is 0.481 e. The average Bonchev–Trinajstić information content (AvgIpc) is 2.56. The fraction of sp³-hybridized carbons (Fsp3) is 0.333. The van der Waals surface area contributed by atoms with Crippen molar-refractivity contribution < 1.29 is 23.9 Å². The van der Waals surface area contributed by atoms with E-state index in [9.17, 15) is 14.4 Å². The van der Waals surface area contributed by atoms with Crippen LogP contribution >= 0.6 is 0 Å². The molecule has 1 rings (SSSR count). The minimum Gasteiger partial charge on any atom is -0.481 e. The molecule has 0 bridgehead atoms. The van der Waals surface area contributed by atoms with Gasteiger partial charge in [-0.1, -0.05) is 19.1 Å². The van der Waals surface area contributed by atoms with Crippen molar-refractivity contribution in [3.63, 3.8) is 0 Å². The lowest BCUT2D eigenvalue weighted by Crippen LogP contribution is -2.41. The summed E-state index contributed by atoms with van der Waals surface area (Å²) in [4.78, 5) is 34.0. The molecule has 0 unspecified atom stereocenters. The maximum atomic E-state index is 11.5. The van der Waals surface area contributed by atoms with Gasteiger partial charge in [0.15, 0.2) is 13.2 Å². The van der Waals surface area contributed by atoms with Crippen molar-refractivity contribution in [2.24, 2.45) is 0 Å². The molecule has 0 aliphatic carbocycles. The number of amides is 3. The highest BCUT2D eigenvalue weighted by Crippen LogP contribution is 2.16. The van der Waals surface area contributed by atoms with Gasteiger partial charge in [-0.25, -0.2) is 9.59 Å². The third-order valence-corrected chi connectivity index (χ3v) is 2.51. The zero-order chi connectivity index (χ0) is 17.1. The van der Waals surface area contributed by atoms with Crippen LogP contribution in [-0.2, 0) is 14.3 Å². The van der Waals surface area contributed by atoms with Crippen LogP contribution in [0.5, 0.6) is 5.75 Å². The molecule has 0 spiro atoms. The van der Waals surface area contributed by atoms with Crippen molar-refractivity contribution in [1.82, 2.24) is 10.6 Å². The molecule has 122 valence electrons. The fourth-order valence-electron chi connectivity index (χ4n) is 1.45. The molecule has 0 radical (unpaired) electrons. The SMILES string of the molecule is CCCNC(=O)NC(=O)COC(=O)COc1ccccc1C#N. The number of nitrogens with one attached hydrogen (secondary N) is 2. The van der Waals surface area contributed by atoms with Gasteiger partial charge in [-0.15, -0.1) is 0 Å². The van der Waals surface area contributed by atoms with E-state index in [4.69, 9.17) is 10.00 Å². The second-order valence-corrected chi connectivity index (χ2v) is 4.36. The van der Waals surface area contributed by atoms with E-state index in [1.165, 1.54) is 6.07 Å². The number of urea groups is 1. The molecule has 8 heteroatoms. The lowest BCUT2D eigenvalue weighted by Gasteiger charge is -2.08. The predicted molar refractivity (Wildman–Crippen MR) is 79.4 cm³/mol. The predicted octanol–water partition coefficient (Wildman–Crippen LogP) is 0.716. The van der Waals surface area contributed by atoms with Gasteiger partial charge in [-0.05, 0) is 18.6 Å². The molecule has 0 saturated carbocycles. The zero-order valence-electron chi connectivity index (χ0n) is 12.6. The molecule has 0 fully saturated rings. The lowest BCUT2D eigenvalue weighted by atomic mass is 10.2. The Morgan fingerprint density at radius 1 is 1.22 bits per heavy atom. The Bertz CT molecular complexity index is 609. The normalized spacial score (nSPS) is 9.39. The minimum absolute atomic E-state index is 0.246. The number of para-hydroxylation sites is 1. The quantitative estimate of drug-likeness (QED) is 0.715. The molecular formula is C15H17N3O5. The van der Waals surface area contributed by atoms with Crippen LogP contribution < -0.4 is 15.4 Å². The van der Waals surface area contributed by atoms with Crippen LogP contribution in [0.4, 0.5) is 4.79 Å². The molecule has 3 amide bonds. The molecule has 8 nitrogen and oxygen atoms in total. The number of hydrogen-bond acceptors (Lipinski definition) is 6. The van der Waals surface area contributed by atoms with Crippen molar-refractivity contribution in [2.75, 3.05) is 19.8 Å². The molecule has 2 N–H and O–H groups in total. The molecular weight excluding hydrogens is 302 g/mol. The van der Waals surface area contributed by atoms with Crippen LogP contribution in [0.2, 0.25) is 0 Å². The number of hydrogen-bond donors (Lipinski definition) is 2. The van der Waals surface area contributed by atoms with Gasteiger partial charge in [0.2, 0.25) is 0 Å². The summed E-state index contributed by atoms with van der Waals surface area (Å²) in [5.41, 5.74) is 0.283. The maximum absolute atomic E-state index is 11.5. The van der Waals surface area contributed by atoms with Crippen LogP contribution in [0.3, 0.4) is 0 Å². The van der Waals surface area contributed by atoms with Gasteiger partial charge in [0.25, 0.3) is 5.91 Å². The third-order valence-electron chi connectivity index (χ3n) is 2.51. The first kappa shape index (κ1) is 18.0. The second-order valence-electron chi connectivity index (χ2n) is 4.36. The molecule has 0 aliphatic heterocycles. The van der Waals surface area contributed by atoms with Crippen LogP contribution in [0.25, 0.3) is 0 Å². The number of nitrogens with zero attached hydrogens (tertiary/aromatic N) is 1. The first-order valence-corrected chi connectivity index (χ1v) is 6.92. The van der Waals surface area contributed by atoms with E-state index < -0.39 is 31.1 Å². The summed E-state index contributed by atoms with van der Waals surface area (Å²) in [6.45, 7) is 1.26. The number of rotatable bonds is 7. The number of nitriles is 1. The highest BCUT2D eigenvalue weighted by molar-refractivity contribution is 5.95. The molecule has 1 aromatic rings. The van der Waals surface area contributed by atoms with E-state index in [-0.39, 0.29) is 11.3 Å². The van der Waals surface area contributed by atoms with Gasteiger partial charge in [0.05, 0.1) is 5.56 Å². The first-order chi connectivity index (χ1) is 11.1. The van der Waals surface area contributed by atoms with Gasteiger partial charge in [-0.2, -0.15) is 5.26 Å². The number of ether oxygens (including phenoxy) is 2. The summed E-state index contributed by atoms with van der Waals surface area (Å²) in [5, 5.41) is 13.3. The Morgan fingerprint density at radius 3 is 2.65 bits per heavy atom. The molecule has 0 aromatic heterocycles. The smallest absolute Gasteiger partial charge is 0.344 e. The van der Waals surface area contributed by atoms with Crippen LogP contribution in [0, 0.1) is 11.3 Å². The van der Waals surface area contributed by atoms with Crippen LogP contribution in [0.15, 0.2) is 24.3 Å². The number of benzene rings is 1. The first-order valence-electron chi connectivity index (χ1n) is 6.92. The Labute approximate surface area is 133 Å². The summed E-state index contributed by atoms with van der Waals surface area (Å²) in [6, 6.07) is 7.68. The standard InChI is InChI=1S/C15H17N3O5/c1-2-7-17-15(21)18-13(19)9-23-14(20)10-22-12-6-4-3-5-11(12)8-16/h3-6H,2,7,9-10H2,1H3,(H2,17,18,19,21). The zero-order valence-corrected chi connectivity index (χ0v) is 12.6. The van der Waals surface area contributed by atoms with Crippen LogP contribution in [-0.4, -0.2) is 37.7 Å². The van der Waals surface area contributed by atoms with E-state index in [0.717, 1.165) is 6.42 Å². The van der Waals surface area contributed by atoms with Crippen molar-refractivity contribution in [3.8, 4) is 11.8 Å². The topological polar surface area (TPSA) is 118 Å². The highest BCUT2D eigenvalue weighted by Gasteiger charge is 2.12. The fourth-order valence-corrected chi connectivity index (χ4v) is 1.45. The van der Waals surface area contributed by atoms with Crippen LogP contribution in [0.1, 0.15) is 18.9 Å². The molecule has 1 aromatic carbocycles. The van der Waals surface area contributed by atoms with E-state index in [1.54, 1.807) is 18.2 Å². The average molecular weight is 319 g/mol. The van der Waals surface area contributed by atoms with Crippen molar-refractivity contribution in [1.29, 1.82) is 5.26 Å². The minimum atomic E-state index is -0.790. The van der Waals surface area contributed by atoms with Crippen molar-refractivity contribution >= 4 is 17.9 Å². The summed E-state index contributed by atoms with van der Waals surface area (Å²) in [6.07, 6.45) is 0.734. The molecule has 0 atom stereocenters.